The first-order chi connectivity index (χ1) is 7.68. The molecule has 0 aliphatic carbocycles. The average molecular weight is 245 g/mol. The number of halogens is 3. The molecule has 0 bridgehead atoms. The van der Waals surface area contributed by atoms with Gasteiger partial charge in [-0.25, -0.2) is 0 Å². The molecule has 0 spiro atoms. The van der Waals surface area contributed by atoms with Crippen molar-refractivity contribution in [2.24, 2.45) is 5.73 Å². The van der Waals surface area contributed by atoms with Gasteiger partial charge in [0.25, 0.3) is 0 Å². The van der Waals surface area contributed by atoms with Crippen molar-refractivity contribution in [3.8, 4) is 0 Å². The zero-order valence-corrected chi connectivity index (χ0v) is 10.1. The van der Waals surface area contributed by atoms with Gasteiger partial charge in [-0.05, 0) is 50.8 Å². The summed E-state index contributed by atoms with van der Waals surface area (Å²) in [5.74, 6) is 0. The first-order valence-corrected chi connectivity index (χ1v) is 5.63. The fourth-order valence-electron chi connectivity index (χ4n) is 1.61. The zero-order chi connectivity index (χ0) is 13.1. The number of rotatable bonds is 4. The van der Waals surface area contributed by atoms with E-state index in [0.29, 0.717) is 0 Å². The molecule has 1 rings (SSSR count). The van der Waals surface area contributed by atoms with Gasteiger partial charge in [0.2, 0.25) is 0 Å². The summed E-state index contributed by atoms with van der Waals surface area (Å²) in [5, 5.41) is 0. The minimum absolute atomic E-state index is 0.216. The zero-order valence-electron chi connectivity index (χ0n) is 10.1. The predicted octanol–water partition coefficient (Wildman–Crippen LogP) is 3.77. The smallest absolute Gasteiger partial charge is 0.326 e. The minimum atomic E-state index is -4.25. The van der Waals surface area contributed by atoms with Crippen molar-refractivity contribution in [3.63, 3.8) is 0 Å². The van der Waals surface area contributed by atoms with Crippen LogP contribution in [0.4, 0.5) is 13.2 Å². The molecule has 0 amide bonds. The van der Waals surface area contributed by atoms with Crippen LogP contribution in [-0.2, 0) is 12.6 Å². The first-order valence-electron chi connectivity index (χ1n) is 5.63. The van der Waals surface area contributed by atoms with E-state index < -0.39 is 11.7 Å². The van der Waals surface area contributed by atoms with Gasteiger partial charge in [0.05, 0.1) is 5.56 Å². The molecule has 1 aromatic rings. The lowest BCUT2D eigenvalue weighted by Crippen LogP contribution is -2.31. The summed E-state index contributed by atoms with van der Waals surface area (Å²) in [6, 6.07) is 5.32. The number of hydrogen-bond acceptors (Lipinski definition) is 1. The molecule has 0 aromatic heterocycles. The molecule has 0 aliphatic heterocycles. The molecule has 0 saturated carbocycles. The molecule has 0 unspecified atom stereocenters. The standard InChI is InChI=1S/C13H18F3N/c1-12(2,17)9-3-4-10-5-7-11(8-6-10)13(14,15)16/h5-8H,3-4,9,17H2,1-2H3. The number of alkyl halides is 3. The second-order valence-electron chi connectivity index (χ2n) is 5.04. The van der Waals surface area contributed by atoms with Crippen LogP contribution in [0, 0.1) is 0 Å². The Bertz CT molecular complexity index is 346. The summed E-state index contributed by atoms with van der Waals surface area (Å²) in [5.41, 5.74) is 5.94. The Morgan fingerprint density at radius 3 is 2.00 bits per heavy atom. The highest BCUT2D eigenvalue weighted by Crippen LogP contribution is 2.29. The van der Waals surface area contributed by atoms with Gasteiger partial charge in [0.15, 0.2) is 0 Å². The SMILES string of the molecule is CC(C)(N)CCCc1ccc(C(F)(F)F)cc1. The average Bonchev–Trinajstić information content (AvgIpc) is 2.15. The molecule has 0 saturated heterocycles. The molecular weight excluding hydrogens is 227 g/mol. The molecule has 1 aromatic carbocycles. The number of nitrogens with two attached hydrogens (primary N) is 1. The van der Waals surface area contributed by atoms with Crippen LogP contribution in [0.5, 0.6) is 0 Å². The summed E-state index contributed by atoms with van der Waals surface area (Å²) in [7, 11) is 0. The van der Waals surface area contributed by atoms with Crippen molar-refractivity contribution in [1.29, 1.82) is 0 Å². The van der Waals surface area contributed by atoms with Crippen molar-refractivity contribution in [2.75, 3.05) is 0 Å². The van der Waals surface area contributed by atoms with Gasteiger partial charge in [0.1, 0.15) is 0 Å². The molecule has 0 heterocycles. The van der Waals surface area contributed by atoms with Crippen LogP contribution in [0.25, 0.3) is 0 Å². The molecule has 0 radical (unpaired) electrons. The lowest BCUT2D eigenvalue weighted by atomic mass is 9.96. The predicted molar refractivity (Wildman–Crippen MR) is 62.6 cm³/mol. The molecule has 96 valence electrons. The van der Waals surface area contributed by atoms with E-state index in [1.165, 1.54) is 12.1 Å². The van der Waals surface area contributed by atoms with E-state index in [-0.39, 0.29) is 5.54 Å². The Hall–Kier alpha value is -1.03. The summed E-state index contributed by atoms with van der Waals surface area (Å²) < 4.78 is 36.9. The molecule has 0 aliphatic rings. The molecule has 4 heteroatoms. The summed E-state index contributed by atoms with van der Waals surface area (Å²) in [4.78, 5) is 0. The molecule has 0 atom stereocenters. The van der Waals surface area contributed by atoms with Crippen LogP contribution >= 0.6 is 0 Å². The van der Waals surface area contributed by atoms with E-state index in [2.05, 4.69) is 0 Å². The summed E-state index contributed by atoms with van der Waals surface area (Å²) in [6.07, 6.45) is -1.75. The molecule has 0 fully saturated rings. The Kier molecular flexibility index (Phi) is 4.20. The third-order valence-corrected chi connectivity index (χ3v) is 2.57. The fraction of sp³-hybridized carbons (Fsp3) is 0.538. The third-order valence-electron chi connectivity index (χ3n) is 2.57. The monoisotopic (exact) mass is 245 g/mol. The lowest BCUT2D eigenvalue weighted by molar-refractivity contribution is -0.137. The van der Waals surface area contributed by atoms with Gasteiger partial charge < -0.3 is 5.73 Å². The van der Waals surface area contributed by atoms with Crippen molar-refractivity contribution < 1.29 is 13.2 Å². The van der Waals surface area contributed by atoms with Crippen LogP contribution in [0.2, 0.25) is 0 Å². The van der Waals surface area contributed by atoms with Gasteiger partial charge in [-0.1, -0.05) is 12.1 Å². The molecule has 1 nitrogen and oxygen atoms in total. The number of aryl methyl sites for hydroxylation is 1. The van der Waals surface area contributed by atoms with E-state index in [9.17, 15) is 13.2 Å². The van der Waals surface area contributed by atoms with Gasteiger partial charge in [-0.3, -0.25) is 0 Å². The Balaban J connectivity index is 2.52. The quantitative estimate of drug-likeness (QED) is 0.858. The fourth-order valence-corrected chi connectivity index (χ4v) is 1.61. The van der Waals surface area contributed by atoms with Crippen LogP contribution in [0.3, 0.4) is 0 Å². The maximum atomic E-state index is 12.3. The molecule has 2 N–H and O–H groups in total. The summed E-state index contributed by atoms with van der Waals surface area (Å²) in [6.45, 7) is 3.89. The number of hydrogen-bond donors (Lipinski definition) is 1. The van der Waals surface area contributed by atoms with Crippen LogP contribution in [0.15, 0.2) is 24.3 Å². The second kappa shape index (κ2) is 5.08. The van der Waals surface area contributed by atoms with Crippen LogP contribution in [0.1, 0.15) is 37.8 Å². The van der Waals surface area contributed by atoms with Crippen LogP contribution in [-0.4, -0.2) is 5.54 Å². The van der Waals surface area contributed by atoms with Gasteiger partial charge >= 0.3 is 6.18 Å². The van der Waals surface area contributed by atoms with Crippen molar-refractivity contribution >= 4 is 0 Å². The van der Waals surface area contributed by atoms with Gasteiger partial charge in [-0.2, -0.15) is 13.2 Å². The van der Waals surface area contributed by atoms with Gasteiger partial charge in [-0.15, -0.1) is 0 Å². The molecule has 17 heavy (non-hydrogen) atoms. The highest BCUT2D eigenvalue weighted by molar-refractivity contribution is 5.24. The second-order valence-corrected chi connectivity index (χ2v) is 5.04. The Morgan fingerprint density at radius 2 is 1.59 bits per heavy atom. The largest absolute Gasteiger partial charge is 0.416 e. The van der Waals surface area contributed by atoms with Gasteiger partial charge in [0, 0.05) is 5.54 Å². The highest BCUT2D eigenvalue weighted by Gasteiger charge is 2.29. The summed E-state index contributed by atoms with van der Waals surface area (Å²) >= 11 is 0. The maximum absolute atomic E-state index is 12.3. The Morgan fingerprint density at radius 1 is 1.06 bits per heavy atom. The van der Waals surface area contributed by atoms with Crippen molar-refractivity contribution in [3.05, 3.63) is 35.4 Å². The van der Waals surface area contributed by atoms with E-state index in [0.717, 1.165) is 37.0 Å². The highest BCUT2D eigenvalue weighted by atomic mass is 19.4. The topological polar surface area (TPSA) is 26.0 Å². The third kappa shape index (κ3) is 5.22. The van der Waals surface area contributed by atoms with Crippen molar-refractivity contribution in [1.82, 2.24) is 0 Å². The minimum Gasteiger partial charge on any atom is -0.326 e. The van der Waals surface area contributed by atoms with E-state index >= 15 is 0 Å². The lowest BCUT2D eigenvalue weighted by Gasteiger charge is -2.17. The van der Waals surface area contributed by atoms with Crippen molar-refractivity contribution in [2.45, 2.75) is 44.8 Å². The Labute approximate surface area is 99.8 Å². The normalized spacial score (nSPS) is 12.8. The van der Waals surface area contributed by atoms with E-state index in [1.54, 1.807) is 0 Å². The number of benzene rings is 1. The first kappa shape index (κ1) is 14.0. The van der Waals surface area contributed by atoms with E-state index in [4.69, 9.17) is 5.73 Å². The molecular formula is C13H18F3N. The maximum Gasteiger partial charge on any atom is 0.416 e. The van der Waals surface area contributed by atoms with Crippen LogP contribution < -0.4 is 5.73 Å². The van der Waals surface area contributed by atoms with E-state index in [1.807, 2.05) is 13.8 Å².